The van der Waals surface area contributed by atoms with Crippen molar-refractivity contribution in [3.05, 3.63) is 90.5 Å². The van der Waals surface area contributed by atoms with Crippen LogP contribution >= 0.6 is 0 Å². The van der Waals surface area contributed by atoms with Crippen molar-refractivity contribution in [3.63, 3.8) is 0 Å². The largest absolute Gasteiger partial charge is 0.457 e. The van der Waals surface area contributed by atoms with Crippen LogP contribution in [0.4, 0.5) is 5.69 Å². The lowest BCUT2D eigenvalue weighted by Crippen LogP contribution is -2.31. The van der Waals surface area contributed by atoms with Crippen LogP contribution < -0.4 is 10.1 Å². The highest BCUT2D eigenvalue weighted by Crippen LogP contribution is 2.22. The molecule has 0 aliphatic heterocycles. The summed E-state index contributed by atoms with van der Waals surface area (Å²) in [6, 6.07) is 27.2. The first-order chi connectivity index (χ1) is 12.7. The zero-order valence-corrected chi connectivity index (χ0v) is 14.8. The maximum atomic E-state index is 12.3. The number of para-hydroxylation sites is 1. The van der Waals surface area contributed by atoms with Crippen LogP contribution in [0, 0.1) is 0 Å². The van der Waals surface area contributed by atoms with E-state index in [2.05, 4.69) is 5.32 Å². The summed E-state index contributed by atoms with van der Waals surface area (Å²) in [6.45, 7) is 0.855. The summed E-state index contributed by atoms with van der Waals surface area (Å²) >= 11 is 0. The van der Waals surface area contributed by atoms with Crippen LogP contribution in [0.25, 0.3) is 0 Å². The van der Waals surface area contributed by atoms with Crippen LogP contribution in [-0.4, -0.2) is 24.4 Å². The number of rotatable bonds is 7. The fourth-order valence-corrected chi connectivity index (χ4v) is 2.52. The van der Waals surface area contributed by atoms with Gasteiger partial charge in [-0.3, -0.25) is 4.79 Å². The number of carbonyl (C=O) groups excluding carboxylic acids is 1. The minimum Gasteiger partial charge on any atom is -0.457 e. The maximum absolute atomic E-state index is 12.3. The average Bonchev–Trinajstić information content (AvgIpc) is 2.69. The summed E-state index contributed by atoms with van der Waals surface area (Å²) in [5, 5.41) is 3.16. The van der Waals surface area contributed by atoms with Crippen LogP contribution in [0.2, 0.25) is 0 Å². The van der Waals surface area contributed by atoms with Crippen molar-refractivity contribution in [3.8, 4) is 11.5 Å². The highest BCUT2D eigenvalue weighted by atomic mass is 16.5. The first kappa shape index (κ1) is 17.5. The van der Waals surface area contributed by atoms with Crippen molar-refractivity contribution in [2.45, 2.75) is 6.54 Å². The third kappa shape index (κ3) is 5.11. The van der Waals surface area contributed by atoms with Gasteiger partial charge in [-0.15, -0.1) is 0 Å². The number of hydrogen-bond acceptors (Lipinski definition) is 3. The van der Waals surface area contributed by atoms with E-state index < -0.39 is 0 Å². The second-order valence-electron chi connectivity index (χ2n) is 6.03. The van der Waals surface area contributed by atoms with E-state index in [1.54, 1.807) is 4.90 Å². The predicted molar refractivity (Wildman–Crippen MR) is 104 cm³/mol. The number of ether oxygens (including phenoxy) is 1. The van der Waals surface area contributed by atoms with E-state index in [9.17, 15) is 4.79 Å². The number of nitrogens with one attached hydrogen (secondary N) is 1. The fraction of sp³-hybridized carbons (Fsp3) is 0.136. The molecular weight excluding hydrogens is 324 g/mol. The normalized spacial score (nSPS) is 10.2. The fourth-order valence-electron chi connectivity index (χ4n) is 2.52. The Morgan fingerprint density at radius 3 is 2.08 bits per heavy atom. The van der Waals surface area contributed by atoms with Gasteiger partial charge >= 0.3 is 0 Å². The standard InChI is InChI=1S/C22H22N2O2/c1-24(17-18-8-4-2-5-9-18)22(25)16-23-19-12-14-21(15-13-19)26-20-10-6-3-7-11-20/h2-15,23H,16-17H2,1H3. The zero-order valence-electron chi connectivity index (χ0n) is 14.8. The monoisotopic (exact) mass is 346 g/mol. The molecule has 0 saturated carbocycles. The van der Waals surface area contributed by atoms with E-state index in [1.165, 1.54) is 0 Å². The molecule has 3 aromatic carbocycles. The second kappa shape index (κ2) is 8.72. The Kier molecular flexibility index (Phi) is 5.88. The average molecular weight is 346 g/mol. The number of amides is 1. The number of benzene rings is 3. The summed E-state index contributed by atoms with van der Waals surface area (Å²) < 4.78 is 5.76. The van der Waals surface area contributed by atoms with Crippen LogP contribution in [0.5, 0.6) is 11.5 Å². The molecule has 0 spiro atoms. The molecule has 1 amide bonds. The highest BCUT2D eigenvalue weighted by Gasteiger charge is 2.09. The van der Waals surface area contributed by atoms with Gasteiger partial charge in [0.2, 0.25) is 5.91 Å². The van der Waals surface area contributed by atoms with Crippen LogP contribution in [0.1, 0.15) is 5.56 Å². The Morgan fingerprint density at radius 2 is 1.42 bits per heavy atom. The Morgan fingerprint density at radius 1 is 0.846 bits per heavy atom. The van der Waals surface area contributed by atoms with Crippen LogP contribution in [0.15, 0.2) is 84.9 Å². The predicted octanol–water partition coefficient (Wildman–Crippen LogP) is 4.55. The molecule has 0 bridgehead atoms. The third-order valence-electron chi connectivity index (χ3n) is 3.97. The third-order valence-corrected chi connectivity index (χ3v) is 3.97. The van der Waals surface area contributed by atoms with Gasteiger partial charge < -0.3 is 15.0 Å². The molecule has 4 heteroatoms. The molecule has 0 radical (unpaired) electrons. The molecule has 4 nitrogen and oxygen atoms in total. The summed E-state index contributed by atoms with van der Waals surface area (Å²) in [4.78, 5) is 14.0. The summed E-state index contributed by atoms with van der Waals surface area (Å²) in [6.07, 6.45) is 0. The van der Waals surface area contributed by atoms with E-state index in [-0.39, 0.29) is 12.5 Å². The number of likely N-dealkylation sites (N-methyl/N-ethyl adjacent to an activating group) is 1. The van der Waals surface area contributed by atoms with Crippen LogP contribution in [-0.2, 0) is 11.3 Å². The maximum Gasteiger partial charge on any atom is 0.241 e. The molecule has 0 aliphatic carbocycles. The van der Waals surface area contributed by atoms with Crippen LogP contribution in [0.3, 0.4) is 0 Å². The molecule has 0 aliphatic rings. The van der Waals surface area contributed by atoms with E-state index in [4.69, 9.17) is 4.74 Å². The molecule has 3 rings (SSSR count). The quantitative estimate of drug-likeness (QED) is 0.682. The van der Waals surface area contributed by atoms with Gasteiger partial charge in [-0.2, -0.15) is 0 Å². The molecule has 132 valence electrons. The molecule has 0 unspecified atom stereocenters. The van der Waals surface area contributed by atoms with Crippen molar-refractivity contribution in [2.24, 2.45) is 0 Å². The smallest absolute Gasteiger partial charge is 0.241 e. The summed E-state index contributed by atoms with van der Waals surface area (Å²) in [5.41, 5.74) is 2.00. The molecule has 0 aromatic heterocycles. The zero-order chi connectivity index (χ0) is 18.2. The van der Waals surface area contributed by atoms with Gasteiger partial charge in [0.25, 0.3) is 0 Å². The van der Waals surface area contributed by atoms with E-state index >= 15 is 0 Å². The SMILES string of the molecule is CN(Cc1ccccc1)C(=O)CNc1ccc(Oc2ccccc2)cc1. The van der Waals surface area contributed by atoms with E-state index in [1.807, 2.05) is 92.0 Å². The van der Waals surface area contributed by atoms with Gasteiger partial charge in [-0.1, -0.05) is 48.5 Å². The molecule has 0 saturated heterocycles. The van der Waals surface area contributed by atoms with Crippen molar-refractivity contribution in [1.29, 1.82) is 0 Å². The summed E-state index contributed by atoms with van der Waals surface area (Å²) in [7, 11) is 1.81. The van der Waals surface area contributed by atoms with Gasteiger partial charge in [0.1, 0.15) is 11.5 Å². The molecule has 0 fully saturated rings. The minimum atomic E-state index is 0.0402. The van der Waals surface area contributed by atoms with Gasteiger partial charge in [-0.25, -0.2) is 0 Å². The summed E-state index contributed by atoms with van der Waals surface area (Å²) in [5.74, 6) is 1.60. The molecule has 0 atom stereocenters. The Balaban J connectivity index is 1.49. The molecule has 0 heterocycles. The number of anilines is 1. The van der Waals surface area contributed by atoms with Gasteiger partial charge in [0, 0.05) is 19.3 Å². The molecule has 1 N–H and O–H groups in total. The van der Waals surface area contributed by atoms with E-state index in [0.717, 1.165) is 22.7 Å². The lowest BCUT2D eigenvalue weighted by molar-refractivity contribution is -0.128. The topological polar surface area (TPSA) is 41.6 Å². The number of hydrogen-bond donors (Lipinski definition) is 1. The van der Waals surface area contributed by atoms with Gasteiger partial charge in [0.05, 0.1) is 6.54 Å². The van der Waals surface area contributed by atoms with Gasteiger partial charge in [0.15, 0.2) is 0 Å². The minimum absolute atomic E-state index is 0.0402. The first-order valence-corrected chi connectivity index (χ1v) is 8.55. The van der Waals surface area contributed by atoms with Crippen molar-refractivity contribution >= 4 is 11.6 Å². The second-order valence-corrected chi connectivity index (χ2v) is 6.03. The number of carbonyl (C=O) groups is 1. The highest BCUT2D eigenvalue weighted by molar-refractivity contribution is 5.80. The Hall–Kier alpha value is -3.27. The van der Waals surface area contributed by atoms with Crippen molar-refractivity contribution < 1.29 is 9.53 Å². The molecule has 26 heavy (non-hydrogen) atoms. The molecule has 3 aromatic rings. The molecular formula is C22H22N2O2. The van der Waals surface area contributed by atoms with E-state index in [0.29, 0.717) is 6.54 Å². The van der Waals surface area contributed by atoms with Crippen molar-refractivity contribution in [2.75, 3.05) is 18.9 Å². The lowest BCUT2D eigenvalue weighted by Gasteiger charge is -2.18. The van der Waals surface area contributed by atoms with Crippen molar-refractivity contribution in [1.82, 2.24) is 4.90 Å². The lowest BCUT2D eigenvalue weighted by atomic mass is 10.2. The Labute approximate surface area is 154 Å². The first-order valence-electron chi connectivity index (χ1n) is 8.55. The number of nitrogens with zero attached hydrogens (tertiary/aromatic N) is 1. The Bertz CT molecular complexity index is 818. The van der Waals surface area contributed by atoms with Gasteiger partial charge in [-0.05, 0) is 42.0 Å².